The van der Waals surface area contributed by atoms with E-state index in [2.05, 4.69) is 15.4 Å². The van der Waals surface area contributed by atoms with Gasteiger partial charge >= 0.3 is 0 Å². The number of nitrogens with zero attached hydrogens (tertiary/aromatic N) is 3. The second kappa shape index (κ2) is 9.09. The zero-order valence-electron chi connectivity index (χ0n) is 17.2. The lowest BCUT2D eigenvalue weighted by Crippen LogP contribution is -2.20. The van der Waals surface area contributed by atoms with Crippen molar-refractivity contribution in [2.75, 3.05) is 5.32 Å². The van der Waals surface area contributed by atoms with E-state index < -0.39 is 0 Å². The minimum absolute atomic E-state index is 0.0634. The number of aromatic nitrogens is 3. The Bertz CT molecular complexity index is 1270. The third kappa shape index (κ3) is 4.80. The Labute approximate surface area is 183 Å². The molecule has 2 heterocycles. The summed E-state index contributed by atoms with van der Waals surface area (Å²) >= 11 is 1.35. The average molecular weight is 435 g/mol. The molecule has 4 rings (SSSR count). The summed E-state index contributed by atoms with van der Waals surface area (Å²) in [6, 6.07) is 18.3. The summed E-state index contributed by atoms with van der Waals surface area (Å²) < 4.78 is 7.11. The minimum Gasteiger partial charge on any atom is -0.487 e. The number of anilines is 1. The lowest BCUT2D eigenvalue weighted by Gasteiger charge is -2.16. The van der Waals surface area contributed by atoms with Crippen molar-refractivity contribution in [3.05, 3.63) is 87.3 Å². The summed E-state index contributed by atoms with van der Waals surface area (Å²) in [5, 5.41) is 7.88. The molecule has 0 bridgehead atoms. The first-order chi connectivity index (χ1) is 15.0. The summed E-state index contributed by atoms with van der Waals surface area (Å²) in [6.45, 7) is 3.96. The number of ether oxygens (including phenoxy) is 1. The molecule has 0 saturated carbocycles. The van der Waals surface area contributed by atoms with Crippen molar-refractivity contribution in [2.45, 2.75) is 32.8 Å². The smallest absolute Gasteiger partial charge is 0.275 e. The molecule has 0 aliphatic heterocycles. The number of fused-ring (bicyclic) bond motifs is 1. The van der Waals surface area contributed by atoms with E-state index in [0.717, 1.165) is 10.6 Å². The van der Waals surface area contributed by atoms with Gasteiger partial charge in [-0.15, -0.1) is 0 Å². The monoisotopic (exact) mass is 434 g/mol. The van der Waals surface area contributed by atoms with E-state index in [-0.39, 0.29) is 24.0 Å². The van der Waals surface area contributed by atoms with Crippen LogP contribution in [0.25, 0.3) is 4.96 Å². The van der Waals surface area contributed by atoms with Gasteiger partial charge in [0.1, 0.15) is 17.4 Å². The van der Waals surface area contributed by atoms with Crippen LogP contribution in [0, 0.1) is 6.92 Å². The SMILES string of the molecule is CCC(C(=O)Nc1cccc(OCc2cc(=O)n3nc(C)sc3n2)c1)c1ccccc1. The Morgan fingerprint density at radius 1 is 1.16 bits per heavy atom. The maximum Gasteiger partial charge on any atom is 0.275 e. The third-order valence-corrected chi connectivity index (χ3v) is 5.64. The summed E-state index contributed by atoms with van der Waals surface area (Å²) in [4.78, 5) is 29.9. The number of aryl methyl sites for hydroxylation is 1. The van der Waals surface area contributed by atoms with Gasteiger partial charge in [0, 0.05) is 17.8 Å². The Morgan fingerprint density at radius 3 is 2.74 bits per heavy atom. The van der Waals surface area contributed by atoms with Crippen molar-refractivity contribution in [3.63, 3.8) is 0 Å². The molecule has 1 amide bonds. The van der Waals surface area contributed by atoms with Crippen LogP contribution in [0.15, 0.2) is 65.5 Å². The predicted octanol–water partition coefficient (Wildman–Crippen LogP) is 4.17. The number of carbonyl (C=O) groups excluding carboxylic acids is 1. The number of hydrogen-bond donors (Lipinski definition) is 1. The van der Waals surface area contributed by atoms with Gasteiger partial charge in [-0.3, -0.25) is 9.59 Å². The molecule has 2 aromatic heterocycles. The van der Waals surface area contributed by atoms with Gasteiger partial charge < -0.3 is 10.1 Å². The average Bonchev–Trinajstić information content (AvgIpc) is 3.15. The van der Waals surface area contributed by atoms with Crippen LogP contribution in [0.4, 0.5) is 5.69 Å². The number of hydrogen-bond acceptors (Lipinski definition) is 6. The first-order valence-corrected chi connectivity index (χ1v) is 10.8. The molecule has 0 fully saturated rings. The summed E-state index contributed by atoms with van der Waals surface area (Å²) in [6.07, 6.45) is 0.701. The fourth-order valence-corrected chi connectivity index (χ4v) is 4.10. The van der Waals surface area contributed by atoms with Crippen molar-refractivity contribution in [1.82, 2.24) is 14.6 Å². The topological polar surface area (TPSA) is 85.6 Å². The van der Waals surface area contributed by atoms with Crippen molar-refractivity contribution >= 4 is 27.9 Å². The highest BCUT2D eigenvalue weighted by atomic mass is 32.1. The van der Waals surface area contributed by atoms with Crippen LogP contribution >= 0.6 is 11.3 Å². The van der Waals surface area contributed by atoms with E-state index in [1.54, 1.807) is 12.1 Å². The van der Waals surface area contributed by atoms with Crippen molar-refractivity contribution < 1.29 is 9.53 Å². The van der Waals surface area contributed by atoms with Crippen molar-refractivity contribution in [3.8, 4) is 5.75 Å². The number of amides is 1. The summed E-state index contributed by atoms with van der Waals surface area (Å²) in [5.74, 6) is 0.289. The lowest BCUT2D eigenvalue weighted by molar-refractivity contribution is -0.117. The number of benzene rings is 2. The van der Waals surface area contributed by atoms with Crippen LogP contribution in [0.3, 0.4) is 0 Å². The highest BCUT2D eigenvalue weighted by Gasteiger charge is 2.18. The lowest BCUT2D eigenvalue weighted by atomic mass is 9.95. The van der Waals surface area contributed by atoms with Gasteiger partial charge in [-0.25, -0.2) is 4.98 Å². The van der Waals surface area contributed by atoms with Crippen LogP contribution < -0.4 is 15.6 Å². The first kappa shape index (κ1) is 20.7. The van der Waals surface area contributed by atoms with Gasteiger partial charge in [-0.1, -0.05) is 54.7 Å². The molecule has 0 spiro atoms. The van der Waals surface area contributed by atoms with Crippen LogP contribution in [-0.2, 0) is 11.4 Å². The van der Waals surface area contributed by atoms with E-state index in [9.17, 15) is 9.59 Å². The second-order valence-electron chi connectivity index (χ2n) is 7.08. The fraction of sp³-hybridized carbons (Fsp3) is 0.217. The third-order valence-electron chi connectivity index (χ3n) is 4.81. The first-order valence-electron chi connectivity index (χ1n) is 9.98. The van der Waals surface area contributed by atoms with Crippen molar-refractivity contribution in [2.24, 2.45) is 0 Å². The second-order valence-corrected chi connectivity index (χ2v) is 8.24. The minimum atomic E-state index is -0.236. The van der Waals surface area contributed by atoms with Gasteiger partial charge in [0.05, 0.1) is 11.6 Å². The molecule has 8 heteroatoms. The van der Waals surface area contributed by atoms with E-state index >= 15 is 0 Å². The molecule has 0 aliphatic rings. The molecular weight excluding hydrogens is 412 g/mol. The predicted molar refractivity (Wildman–Crippen MR) is 121 cm³/mol. The fourth-order valence-electron chi connectivity index (χ4n) is 3.33. The molecule has 0 aliphatic carbocycles. The molecule has 31 heavy (non-hydrogen) atoms. The van der Waals surface area contributed by atoms with Gasteiger partial charge in [-0.2, -0.15) is 9.61 Å². The molecule has 1 atom stereocenters. The van der Waals surface area contributed by atoms with Crippen LogP contribution in [0.1, 0.15) is 35.5 Å². The molecule has 158 valence electrons. The quantitative estimate of drug-likeness (QED) is 0.472. The molecule has 0 saturated heterocycles. The van der Waals surface area contributed by atoms with Crippen LogP contribution in [-0.4, -0.2) is 20.5 Å². The number of rotatable bonds is 7. The largest absolute Gasteiger partial charge is 0.487 e. The van der Waals surface area contributed by atoms with E-state index in [4.69, 9.17) is 4.74 Å². The maximum atomic E-state index is 12.8. The Balaban J connectivity index is 1.45. The standard InChI is InChI=1S/C23H22N4O3S/c1-3-20(16-8-5-4-6-9-16)22(29)24-17-10-7-11-19(12-17)30-14-18-13-21(28)27-23(25-18)31-15(2)26-27/h4-13,20H,3,14H2,1-2H3,(H,24,29). The molecule has 0 radical (unpaired) electrons. The molecule has 4 aromatic rings. The van der Waals surface area contributed by atoms with E-state index in [0.29, 0.717) is 28.5 Å². The highest BCUT2D eigenvalue weighted by molar-refractivity contribution is 7.16. The normalized spacial score (nSPS) is 11.9. The van der Waals surface area contributed by atoms with Crippen LogP contribution in [0.5, 0.6) is 5.75 Å². The summed E-state index contributed by atoms with van der Waals surface area (Å²) in [7, 11) is 0. The van der Waals surface area contributed by atoms with Crippen molar-refractivity contribution in [1.29, 1.82) is 0 Å². The van der Waals surface area contributed by atoms with E-state index in [1.807, 2.05) is 56.3 Å². The van der Waals surface area contributed by atoms with E-state index in [1.165, 1.54) is 21.9 Å². The zero-order chi connectivity index (χ0) is 21.8. The Hall–Kier alpha value is -3.52. The van der Waals surface area contributed by atoms with Gasteiger partial charge in [0.2, 0.25) is 10.9 Å². The molecule has 2 aromatic carbocycles. The molecular formula is C23H22N4O3S. The van der Waals surface area contributed by atoms with Gasteiger partial charge in [0.25, 0.3) is 5.56 Å². The van der Waals surface area contributed by atoms with Crippen LogP contribution in [0.2, 0.25) is 0 Å². The summed E-state index contributed by atoms with van der Waals surface area (Å²) in [5.41, 5.74) is 1.93. The Morgan fingerprint density at radius 2 is 1.97 bits per heavy atom. The number of nitrogens with one attached hydrogen (secondary N) is 1. The van der Waals surface area contributed by atoms with Gasteiger partial charge in [-0.05, 0) is 31.0 Å². The Kier molecular flexibility index (Phi) is 6.08. The number of carbonyl (C=O) groups is 1. The maximum absolute atomic E-state index is 12.8. The highest BCUT2D eigenvalue weighted by Crippen LogP contribution is 2.24. The molecule has 1 N–H and O–H groups in total. The molecule has 7 nitrogen and oxygen atoms in total. The van der Waals surface area contributed by atoms with Gasteiger partial charge in [0.15, 0.2) is 0 Å². The molecule has 1 unspecified atom stereocenters. The zero-order valence-corrected chi connectivity index (χ0v) is 18.1.